The molecule has 0 heterocycles. The van der Waals surface area contributed by atoms with Crippen molar-refractivity contribution in [1.29, 1.82) is 0 Å². The van der Waals surface area contributed by atoms with Gasteiger partial charge in [-0.15, -0.1) is 11.6 Å². The first kappa shape index (κ1) is 18.3. The van der Waals surface area contributed by atoms with Crippen LogP contribution in [0.1, 0.15) is 67.2 Å². The zero-order chi connectivity index (χ0) is 15.8. The summed E-state index contributed by atoms with van der Waals surface area (Å²) in [6.07, 6.45) is 3.96. The van der Waals surface area contributed by atoms with Gasteiger partial charge in [0.25, 0.3) is 0 Å². The quantitative estimate of drug-likeness (QED) is 0.708. The minimum absolute atomic E-state index is 0.142. The summed E-state index contributed by atoms with van der Waals surface area (Å²) in [6, 6.07) is 0. The number of hydrogen-bond donors (Lipinski definition) is 0. The molecule has 0 spiro atoms. The zero-order valence-electron chi connectivity index (χ0n) is 13.9. The SMILES string of the molecule is CC(C)(C)C1CCC(Cl)C(CCS(=O)(=O)C(C)(C)C)C1. The molecule has 120 valence electrons. The molecule has 1 aliphatic rings. The maximum Gasteiger partial charge on any atom is 0.155 e. The number of rotatable bonds is 3. The van der Waals surface area contributed by atoms with Crippen molar-refractivity contribution >= 4 is 21.4 Å². The van der Waals surface area contributed by atoms with Gasteiger partial charge >= 0.3 is 0 Å². The van der Waals surface area contributed by atoms with Crippen molar-refractivity contribution in [2.45, 2.75) is 77.3 Å². The van der Waals surface area contributed by atoms with Crippen molar-refractivity contribution in [1.82, 2.24) is 0 Å². The average Bonchev–Trinajstić information content (AvgIpc) is 2.24. The van der Waals surface area contributed by atoms with Crippen molar-refractivity contribution < 1.29 is 8.42 Å². The Hall–Kier alpha value is 0.240. The summed E-state index contributed by atoms with van der Waals surface area (Å²) in [5.41, 5.74) is 0.290. The van der Waals surface area contributed by atoms with Crippen LogP contribution in [-0.4, -0.2) is 24.3 Å². The third kappa shape index (κ3) is 4.62. The fourth-order valence-electron chi connectivity index (χ4n) is 2.93. The topological polar surface area (TPSA) is 34.1 Å². The monoisotopic (exact) mass is 322 g/mol. The highest BCUT2D eigenvalue weighted by molar-refractivity contribution is 7.92. The van der Waals surface area contributed by atoms with Crippen LogP contribution in [0.4, 0.5) is 0 Å². The van der Waals surface area contributed by atoms with Crippen LogP contribution in [0.15, 0.2) is 0 Å². The second-order valence-corrected chi connectivity index (χ2v) is 11.8. The van der Waals surface area contributed by atoms with Gasteiger partial charge in [-0.25, -0.2) is 8.42 Å². The van der Waals surface area contributed by atoms with E-state index in [2.05, 4.69) is 20.8 Å². The predicted molar refractivity (Wildman–Crippen MR) is 88.1 cm³/mol. The smallest absolute Gasteiger partial charge is 0.155 e. The van der Waals surface area contributed by atoms with Gasteiger partial charge in [-0.2, -0.15) is 0 Å². The molecule has 3 atom stereocenters. The van der Waals surface area contributed by atoms with Gasteiger partial charge in [0.2, 0.25) is 0 Å². The largest absolute Gasteiger partial charge is 0.228 e. The predicted octanol–water partition coefficient (Wildman–Crippen LogP) is 4.66. The first-order chi connectivity index (χ1) is 8.84. The molecule has 0 aromatic carbocycles. The van der Waals surface area contributed by atoms with Crippen LogP contribution < -0.4 is 0 Å². The summed E-state index contributed by atoms with van der Waals surface area (Å²) in [5.74, 6) is 1.26. The second-order valence-electron chi connectivity index (χ2n) is 8.37. The van der Waals surface area contributed by atoms with E-state index in [-0.39, 0.29) is 16.5 Å². The lowest BCUT2D eigenvalue weighted by atomic mass is 9.68. The van der Waals surface area contributed by atoms with E-state index in [1.54, 1.807) is 20.8 Å². The van der Waals surface area contributed by atoms with E-state index in [0.717, 1.165) is 12.8 Å². The Morgan fingerprint density at radius 3 is 2.05 bits per heavy atom. The number of halogens is 1. The van der Waals surface area contributed by atoms with Crippen LogP contribution in [0.5, 0.6) is 0 Å². The van der Waals surface area contributed by atoms with E-state index in [9.17, 15) is 8.42 Å². The zero-order valence-corrected chi connectivity index (χ0v) is 15.4. The Bertz CT molecular complexity index is 415. The van der Waals surface area contributed by atoms with Crippen molar-refractivity contribution in [2.75, 3.05) is 5.75 Å². The van der Waals surface area contributed by atoms with E-state index < -0.39 is 14.6 Å². The van der Waals surface area contributed by atoms with Crippen LogP contribution >= 0.6 is 11.6 Å². The highest BCUT2D eigenvalue weighted by Gasteiger charge is 2.36. The Labute approximate surface area is 130 Å². The molecule has 0 aromatic heterocycles. The Morgan fingerprint density at radius 1 is 1.05 bits per heavy atom. The molecule has 1 rings (SSSR count). The van der Waals surface area contributed by atoms with E-state index in [0.29, 0.717) is 18.3 Å². The molecule has 0 bridgehead atoms. The molecular weight excluding hydrogens is 292 g/mol. The van der Waals surface area contributed by atoms with Gasteiger partial charge in [-0.05, 0) is 63.7 Å². The summed E-state index contributed by atoms with van der Waals surface area (Å²) in [6.45, 7) is 12.2. The molecule has 0 aliphatic heterocycles. The number of hydrogen-bond acceptors (Lipinski definition) is 2. The highest BCUT2D eigenvalue weighted by atomic mass is 35.5. The second kappa shape index (κ2) is 6.16. The highest BCUT2D eigenvalue weighted by Crippen LogP contribution is 2.43. The van der Waals surface area contributed by atoms with Gasteiger partial charge in [-0.3, -0.25) is 0 Å². The lowest BCUT2D eigenvalue weighted by molar-refractivity contribution is 0.142. The molecule has 20 heavy (non-hydrogen) atoms. The Balaban J connectivity index is 2.67. The van der Waals surface area contributed by atoms with E-state index >= 15 is 0 Å². The maximum absolute atomic E-state index is 12.2. The van der Waals surface area contributed by atoms with E-state index in [1.807, 2.05) is 0 Å². The molecule has 2 nitrogen and oxygen atoms in total. The Kier molecular flexibility index (Phi) is 5.63. The fraction of sp³-hybridized carbons (Fsp3) is 1.00. The molecule has 4 heteroatoms. The van der Waals surface area contributed by atoms with Crippen LogP contribution in [0, 0.1) is 17.3 Å². The van der Waals surface area contributed by atoms with Crippen LogP contribution in [0.25, 0.3) is 0 Å². The van der Waals surface area contributed by atoms with Crippen molar-refractivity contribution in [3.8, 4) is 0 Å². The van der Waals surface area contributed by atoms with Gasteiger partial charge < -0.3 is 0 Å². The van der Waals surface area contributed by atoms with E-state index in [4.69, 9.17) is 11.6 Å². The van der Waals surface area contributed by atoms with Crippen molar-refractivity contribution in [3.05, 3.63) is 0 Å². The molecular formula is C16H31ClO2S. The van der Waals surface area contributed by atoms with Crippen LogP contribution in [0.2, 0.25) is 0 Å². The first-order valence-corrected chi connectivity index (χ1v) is 9.80. The van der Waals surface area contributed by atoms with Crippen LogP contribution in [-0.2, 0) is 9.84 Å². The molecule has 0 aromatic rings. The van der Waals surface area contributed by atoms with Gasteiger partial charge in [0.1, 0.15) is 0 Å². The Morgan fingerprint density at radius 2 is 1.60 bits per heavy atom. The standard InChI is InChI=1S/C16H31ClO2S/c1-15(2,3)13-7-8-14(17)12(11-13)9-10-20(18,19)16(4,5)6/h12-14H,7-11H2,1-6H3. The minimum Gasteiger partial charge on any atom is -0.228 e. The summed E-state index contributed by atoms with van der Waals surface area (Å²) in [7, 11) is -3.03. The molecule has 0 radical (unpaired) electrons. The molecule has 0 N–H and O–H groups in total. The summed E-state index contributed by atoms with van der Waals surface area (Å²) in [5, 5.41) is 0.142. The molecule has 1 fully saturated rings. The maximum atomic E-state index is 12.2. The third-order valence-electron chi connectivity index (χ3n) is 4.80. The van der Waals surface area contributed by atoms with Gasteiger partial charge in [0.05, 0.1) is 10.5 Å². The number of alkyl halides is 1. The van der Waals surface area contributed by atoms with E-state index in [1.165, 1.54) is 6.42 Å². The fourth-order valence-corrected chi connectivity index (χ4v) is 4.51. The van der Waals surface area contributed by atoms with Gasteiger partial charge in [-0.1, -0.05) is 20.8 Å². The normalized spacial score (nSPS) is 29.4. The molecule has 1 aliphatic carbocycles. The van der Waals surface area contributed by atoms with Gasteiger partial charge in [0.15, 0.2) is 9.84 Å². The minimum atomic E-state index is -3.03. The summed E-state index contributed by atoms with van der Waals surface area (Å²) >= 11 is 6.45. The lowest BCUT2D eigenvalue weighted by Gasteiger charge is -2.40. The molecule has 1 saturated carbocycles. The third-order valence-corrected chi connectivity index (χ3v) is 8.02. The first-order valence-electron chi connectivity index (χ1n) is 7.71. The average molecular weight is 323 g/mol. The van der Waals surface area contributed by atoms with Crippen LogP contribution in [0.3, 0.4) is 0 Å². The summed E-state index contributed by atoms with van der Waals surface area (Å²) in [4.78, 5) is 0. The van der Waals surface area contributed by atoms with Crippen molar-refractivity contribution in [3.63, 3.8) is 0 Å². The molecule has 3 unspecified atom stereocenters. The number of sulfone groups is 1. The van der Waals surface area contributed by atoms with Gasteiger partial charge in [0, 0.05) is 5.38 Å². The molecule has 0 saturated heterocycles. The molecule has 0 amide bonds. The summed E-state index contributed by atoms with van der Waals surface area (Å²) < 4.78 is 23.8. The van der Waals surface area contributed by atoms with Crippen molar-refractivity contribution in [2.24, 2.45) is 17.3 Å². The lowest BCUT2D eigenvalue weighted by Crippen LogP contribution is -2.35.